The van der Waals surface area contributed by atoms with E-state index >= 15 is 0 Å². The molecular weight excluding hydrogens is 555 g/mol. The van der Waals surface area contributed by atoms with Crippen LogP contribution in [0.4, 0.5) is 5.69 Å². The molecule has 0 fully saturated rings. The van der Waals surface area contributed by atoms with E-state index in [0.717, 1.165) is 16.2 Å². The third-order valence-electron chi connectivity index (χ3n) is 7.25. The van der Waals surface area contributed by atoms with E-state index in [4.69, 9.17) is 5.73 Å². The van der Waals surface area contributed by atoms with Gasteiger partial charge < -0.3 is 5.73 Å². The van der Waals surface area contributed by atoms with Crippen molar-refractivity contribution < 1.29 is 16.8 Å². The van der Waals surface area contributed by atoms with Crippen molar-refractivity contribution in [1.29, 1.82) is 0 Å². The Bertz CT molecular complexity index is 1670. The first-order valence-corrected chi connectivity index (χ1v) is 17.4. The molecule has 0 saturated heterocycles. The van der Waals surface area contributed by atoms with Gasteiger partial charge in [-0.15, -0.1) is 0 Å². The van der Waals surface area contributed by atoms with Crippen molar-refractivity contribution >= 4 is 58.1 Å². The van der Waals surface area contributed by atoms with Crippen LogP contribution < -0.4 is 5.73 Å². The van der Waals surface area contributed by atoms with Crippen LogP contribution in [0, 0.1) is 23.7 Å². The zero-order valence-electron chi connectivity index (χ0n) is 25.6. The van der Waals surface area contributed by atoms with Crippen LogP contribution in [0.15, 0.2) is 52.3 Å². The molecule has 0 amide bonds. The Morgan fingerprint density at radius 3 is 1.34 bits per heavy atom. The maximum atomic E-state index is 14.5. The number of nitrogens with zero attached hydrogens (tertiary/aromatic N) is 2. The lowest BCUT2D eigenvalue weighted by molar-refractivity contribution is 0.332. The molecule has 9 heteroatoms. The molecule has 7 nitrogen and oxygen atoms in total. The fraction of sp³-hybridized carbons (Fsp3) is 0.500. The van der Waals surface area contributed by atoms with E-state index in [2.05, 4.69) is 0 Å². The predicted octanol–water partition coefficient (Wildman–Crippen LogP) is 6.77. The number of rotatable bonds is 12. The second-order valence-corrected chi connectivity index (χ2v) is 16.8. The Morgan fingerprint density at radius 1 is 0.561 bits per heavy atom. The lowest BCUT2D eigenvalue weighted by atomic mass is 9.93. The third kappa shape index (κ3) is 6.05. The Hall–Kier alpha value is -2.46. The topological polar surface area (TPSA) is 101 Å². The van der Waals surface area contributed by atoms with Gasteiger partial charge in [0.15, 0.2) is 0 Å². The van der Waals surface area contributed by atoms with E-state index in [1.807, 2.05) is 85.7 Å². The summed E-state index contributed by atoms with van der Waals surface area (Å²) < 4.78 is 61.1. The van der Waals surface area contributed by atoms with Crippen LogP contribution in [0.5, 0.6) is 0 Å². The Kier molecular flexibility index (Phi) is 8.96. The zero-order chi connectivity index (χ0) is 30.4. The predicted molar refractivity (Wildman–Crippen MR) is 171 cm³/mol. The molecule has 41 heavy (non-hydrogen) atoms. The van der Waals surface area contributed by atoms with E-state index in [-0.39, 0.29) is 33.5 Å². The summed E-state index contributed by atoms with van der Waals surface area (Å²) in [6.07, 6.45) is 0. The van der Waals surface area contributed by atoms with E-state index in [1.54, 1.807) is 6.07 Å². The van der Waals surface area contributed by atoms with Crippen molar-refractivity contribution in [3.05, 3.63) is 42.5 Å². The fourth-order valence-corrected chi connectivity index (χ4v) is 9.77. The molecule has 0 saturated carbocycles. The Morgan fingerprint density at radius 2 is 0.927 bits per heavy atom. The first-order chi connectivity index (χ1) is 19.0. The highest BCUT2D eigenvalue weighted by Crippen LogP contribution is 2.43. The summed E-state index contributed by atoms with van der Waals surface area (Å²) in [6.45, 7) is 17.3. The van der Waals surface area contributed by atoms with Gasteiger partial charge in [0.1, 0.15) is 0 Å². The van der Waals surface area contributed by atoms with Crippen LogP contribution in [0.1, 0.15) is 55.4 Å². The quantitative estimate of drug-likeness (QED) is 0.143. The standard InChI is InChI=1S/C32H45N3O4S2/c1-20(2)16-34(17-21(3)4)40(36,37)29-15-30(41(38,39)35(18-22(5)6)19-23(7)8)27-13-12-25-28(33)14-10-24-9-11-26(29)32(27)31(24)25/h9-15,20-23H,16-19,33H2,1-8H3. The van der Waals surface area contributed by atoms with Gasteiger partial charge in [0.2, 0.25) is 20.0 Å². The molecule has 0 radical (unpaired) electrons. The first kappa shape index (κ1) is 31.5. The molecule has 4 aromatic rings. The molecule has 0 aromatic heterocycles. The number of hydrogen-bond donors (Lipinski definition) is 1. The molecule has 0 aliphatic rings. The summed E-state index contributed by atoms with van der Waals surface area (Å²) in [5.41, 5.74) is 6.94. The lowest BCUT2D eigenvalue weighted by Crippen LogP contribution is -2.38. The largest absolute Gasteiger partial charge is 0.398 e. The number of sulfonamides is 2. The summed E-state index contributed by atoms with van der Waals surface area (Å²) in [6, 6.07) is 12.5. The van der Waals surface area contributed by atoms with Gasteiger partial charge in [-0.05, 0) is 46.6 Å². The van der Waals surface area contributed by atoms with Gasteiger partial charge in [-0.25, -0.2) is 16.8 Å². The highest BCUT2D eigenvalue weighted by Gasteiger charge is 2.34. The van der Waals surface area contributed by atoms with Crippen LogP contribution >= 0.6 is 0 Å². The van der Waals surface area contributed by atoms with Crippen molar-refractivity contribution in [3.63, 3.8) is 0 Å². The molecule has 224 valence electrons. The first-order valence-electron chi connectivity index (χ1n) is 14.6. The molecule has 2 N–H and O–H groups in total. The molecule has 0 atom stereocenters. The maximum absolute atomic E-state index is 14.5. The van der Waals surface area contributed by atoms with E-state index < -0.39 is 20.0 Å². The van der Waals surface area contributed by atoms with Gasteiger partial charge in [0.05, 0.1) is 9.79 Å². The number of nitrogens with two attached hydrogens (primary N) is 1. The minimum absolute atomic E-state index is 0.0238. The van der Waals surface area contributed by atoms with Crippen LogP contribution in [-0.2, 0) is 20.0 Å². The maximum Gasteiger partial charge on any atom is 0.243 e. The molecule has 0 bridgehead atoms. The summed E-state index contributed by atoms with van der Waals surface area (Å²) in [7, 11) is -8.12. The van der Waals surface area contributed by atoms with Gasteiger partial charge in [-0.2, -0.15) is 8.61 Å². The van der Waals surface area contributed by atoms with Crippen molar-refractivity contribution in [2.45, 2.75) is 65.2 Å². The van der Waals surface area contributed by atoms with Crippen LogP contribution in [-0.4, -0.2) is 51.6 Å². The third-order valence-corrected chi connectivity index (χ3v) is 11.0. The second kappa shape index (κ2) is 11.7. The monoisotopic (exact) mass is 599 g/mol. The molecule has 0 aliphatic heterocycles. The Balaban J connectivity index is 2.16. The van der Waals surface area contributed by atoms with Crippen LogP contribution in [0.25, 0.3) is 32.3 Å². The molecular formula is C32H45N3O4S2. The molecule has 0 heterocycles. The Labute approximate surface area is 246 Å². The second-order valence-electron chi connectivity index (χ2n) is 13.0. The van der Waals surface area contributed by atoms with Crippen molar-refractivity contribution in [2.24, 2.45) is 23.7 Å². The van der Waals surface area contributed by atoms with E-state index in [1.165, 1.54) is 14.7 Å². The average Bonchev–Trinajstić information content (AvgIpc) is 2.86. The normalized spacial score (nSPS) is 13.6. The molecule has 0 spiro atoms. The zero-order valence-corrected chi connectivity index (χ0v) is 27.2. The average molecular weight is 600 g/mol. The minimum atomic E-state index is -4.06. The molecule has 4 aromatic carbocycles. The molecule has 4 rings (SSSR count). The summed E-state index contributed by atoms with van der Waals surface area (Å²) in [5, 5.41) is 4.09. The van der Waals surface area contributed by atoms with Crippen LogP contribution in [0.3, 0.4) is 0 Å². The van der Waals surface area contributed by atoms with Crippen molar-refractivity contribution in [2.75, 3.05) is 31.9 Å². The summed E-state index contributed by atoms with van der Waals surface area (Å²) in [4.78, 5) is 0.0477. The van der Waals surface area contributed by atoms with Crippen molar-refractivity contribution in [3.8, 4) is 0 Å². The van der Waals surface area contributed by atoms with Gasteiger partial charge >= 0.3 is 0 Å². The minimum Gasteiger partial charge on any atom is -0.398 e. The highest BCUT2D eigenvalue weighted by molar-refractivity contribution is 7.90. The number of anilines is 1. The van der Waals surface area contributed by atoms with E-state index in [0.29, 0.717) is 48.0 Å². The number of nitrogen functional groups attached to an aromatic ring is 1. The lowest BCUT2D eigenvalue weighted by Gasteiger charge is -2.29. The fourth-order valence-electron chi connectivity index (χ4n) is 5.73. The number of benzene rings is 4. The van der Waals surface area contributed by atoms with Crippen LogP contribution in [0.2, 0.25) is 0 Å². The molecule has 0 aliphatic carbocycles. The van der Waals surface area contributed by atoms with Gasteiger partial charge in [-0.3, -0.25) is 0 Å². The number of hydrogen-bond acceptors (Lipinski definition) is 5. The smallest absolute Gasteiger partial charge is 0.243 e. The van der Waals surface area contributed by atoms with Gasteiger partial charge in [-0.1, -0.05) is 85.7 Å². The highest BCUT2D eigenvalue weighted by atomic mass is 32.2. The summed E-state index contributed by atoms with van der Waals surface area (Å²) in [5.74, 6) is 0.385. The summed E-state index contributed by atoms with van der Waals surface area (Å²) >= 11 is 0. The van der Waals surface area contributed by atoms with E-state index in [9.17, 15) is 16.8 Å². The SMILES string of the molecule is CC(C)CN(CC(C)C)S(=O)(=O)c1cc(S(=O)(=O)N(CC(C)C)CC(C)C)c2ccc3c(N)ccc4ccc1c2c43. The van der Waals surface area contributed by atoms with Gasteiger partial charge in [0.25, 0.3) is 0 Å². The molecule has 0 unspecified atom stereocenters. The van der Waals surface area contributed by atoms with Gasteiger partial charge in [0, 0.05) is 53.4 Å². The van der Waals surface area contributed by atoms with Crippen molar-refractivity contribution in [1.82, 2.24) is 8.61 Å².